The van der Waals surface area contributed by atoms with Crippen molar-refractivity contribution >= 4 is 15.9 Å². The van der Waals surface area contributed by atoms with E-state index in [1.165, 1.54) is 12.1 Å². The summed E-state index contributed by atoms with van der Waals surface area (Å²) in [6.07, 6.45) is 0. The van der Waals surface area contributed by atoms with Crippen molar-refractivity contribution in [3.63, 3.8) is 0 Å². The van der Waals surface area contributed by atoms with Crippen molar-refractivity contribution < 1.29 is 79.9 Å². The van der Waals surface area contributed by atoms with E-state index >= 15 is 0 Å². The van der Waals surface area contributed by atoms with Crippen molar-refractivity contribution in [1.82, 2.24) is 4.72 Å². The predicted molar refractivity (Wildman–Crippen MR) is 45.8 cm³/mol. The average Bonchev–Trinajstić information content (AvgIpc) is 2.25. The Morgan fingerprint density at radius 3 is 2.20 bits per heavy atom. The molecule has 0 spiro atoms. The maximum Gasteiger partial charge on any atom is 1.00 e. The maximum absolute atomic E-state index is 11.1. The summed E-state index contributed by atoms with van der Waals surface area (Å²) in [5, 5.41) is 0. The molecule has 0 aromatic heterocycles. The first kappa shape index (κ1) is 17.9. The summed E-state index contributed by atoms with van der Waals surface area (Å²) in [7, 11) is -3.55. The minimum atomic E-state index is -3.55. The molecule has 1 N–H and O–H groups in total. The third-order valence-corrected chi connectivity index (χ3v) is 3.04. The quantitative estimate of drug-likeness (QED) is 0.468. The van der Waals surface area contributed by atoms with Crippen LogP contribution >= 0.6 is 0 Å². The molecule has 1 aromatic rings. The summed E-state index contributed by atoms with van der Waals surface area (Å²) in [4.78, 5) is 11.1. The van der Waals surface area contributed by atoms with Crippen LogP contribution in [0.15, 0.2) is 29.2 Å². The van der Waals surface area contributed by atoms with Crippen LogP contribution in [0.1, 0.15) is 13.2 Å². The number of nitrogens with one attached hydrogen (secondary N) is 1. The largest absolute Gasteiger partial charge is 1.00 e. The number of hydrogen-bond donors (Lipinski definition) is 1. The van der Waals surface area contributed by atoms with Gasteiger partial charge in [-0.15, -0.1) is 0 Å². The van der Waals surface area contributed by atoms with E-state index in [1.54, 1.807) is 12.1 Å². The van der Waals surface area contributed by atoms with E-state index in [0.717, 1.165) is 0 Å². The monoisotopic (exact) mass is 251 g/mol. The zero-order valence-corrected chi connectivity index (χ0v) is 13.2. The Hall–Kier alpha value is 0.570. The topological polar surface area (TPSA) is 63.2 Å². The number of hydrogen-bond acceptors (Lipinski definition) is 3. The molecule has 0 aliphatic carbocycles. The van der Waals surface area contributed by atoms with Crippen LogP contribution in [-0.4, -0.2) is 14.3 Å². The van der Waals surface area contributed by atoms with Crippen LogP contribution < -0.4 is 63.8 Å². The van der Waals surface area contributed by atoms with Crippen molar-refractivity contribution in [2.24, 2.45) is 0 Å². The number of benzene rings is 1. The van der Waals surface area contributed by atoms with Crippen LogP contribution in [0.2, 0.25) is 0 Å². The van der Waals surface area contributed by atoms with Gasteiger partial charge in [0, 0.05) is 0 Å². The van der Waals surface area contributed by atoms with Gasteiger partial charge in [-0.1, -0.05) is 12.1 Å². The summed E-state index contributed by atoms with van der Waals surface area (Å²) in [5.41, 5.74) is 0.220. The average molecular weight is 251 g/mol. The van der Waals surface area contributed by atoms with Gasteiger partial charge in [0.25, 0.3) is 15.9 Å². The first-order valence-electron chi connectivity index (χ1n) is 3.27. The van der Waals surface area contributed by atoms with Crippen LogP contribution in [0.4, 0.5) is 4.70 Å². The fraction of sp³-hybridized carbons (Fsp3) is 0. The number of carbonyl (C=O) groups is 1. The fourth-order valence-electron chi connectivity index (χ4n) is 1.12. The summed E-state index contributed by atoms with van der Waals surface area (Å²) in [5.74, 6) is -0.550. The molecule has 0 radical (unpaired) electrons. The number of fused-ring (bicyclic) bond motifs is 1. The number of halogens is 1. The molecule has 1 aliphatic rings. The molecule has 15 heavy (non-hydrogen) atoms. The van der Waals surface area contributed by atoms with Crippen molar-refractivity contribution in [1.29, 1.82) is 0 Å². The molecule has 8 heteroatoms. The first-order chi connectivity index (χ1) is 5.61. The Morgan fingerprint density at radius 2 is 1.67 bits per heavy atom. The van der Waals surface area contributed by atoms with Gasteiger partial charge in [-0.05, 0) is 12.1 Å². The van der Waals surface area contributed by atoms with Gasteiger partial charge in [-0.25, -0.2) is 13.1 Å². The van der Waals surface area contributed by atoms with Gasteiger partial charge in [0.05, 0.1) is 5.56 Å². The summed E-state index contributed by atoms with van der Waals surface area (Å²) >= 11 is 0. The van der Waals surface area contributed by atoms with E-state index in [9.17, 15) is 13.2 Å². The second-order valence-corrected chi connectivity index (χ2v) is 4.08. The second kappa shape index (κ2) is 6.34. The Balaban J connectivity index is -0.000000169. The summed E-state index contributed by atoms with van der Waals surface area (Å²) in [6, 6.07) is 6.09. The molecule has 1 aliphatic heterocycles. The molecule has 0 bridgehead atoms. The molecule has 1 amide bonds. The van der Waals surface area contributed by atoms with E-state index in [4.69, 9.17) is 0 Å². The first-order valence-corrected chi connectivity index (χ1v) is 4.76. The molecule has 1 aromatic carbocycles. The molecule has 1 heterocycles. The van der Waals surface area contributed by atoms with Gasteiger partial charge in [0.2, 0.25) is 0 Å². The molecule has 0 fully saturated rings. The van der Waals surface area contributed by atoms with Crippen LogP contribution in [-0.2, 0) is 10.0 Å². The molecule has 74 valence electrons. The number of carbonyl (C=O) groups excluding carboxylic acids is 1. The maximum atomic E-state index is 11.1. The van der Waals surface area contributed by atoms with Crippen molar-refractivity contribution in [2.45, 2.75) is 4.90 Å². The molecule has 0 unspecified atom stereocenters. The SMILES string of the molecule is F.O=C1NS(=O)(=O)c2ccccc21.[H-].[H-].[Na+].[Na+]. The fourth-order valence-corrected chi connectivity index (χ4v) is 2.29. The van der Waals surface area contributed by atoms with Crippen molar-refractivity contribution in [3.8, 4) is 0 Å². The molecule has 0 atom stereocenters. The third kappa shape index (κ3) is 3.26. The zero-order chi connectivity index (χ0) is 8.77. The van der Waals surface area contributed by atoms with Crippen LogP contribution in [0, 0.1) is 0 Å². The third-order valence-electron chi connectivity index (χ3n) is 1.65. The van der Waals surface area contributed by atoms with E-state index in [2.05, 4.69) is 0 Å². The van der Waals surface area contributed by atoms with Crippen molar-refractivity contribution in [3.05, 3.63) is 29.8 Å². The van der Waals surface area contributed by atoms with Crippen LogP contribution in [0.25, 0.3) is 0 Å². The Bertz CT molecular complexity index is 472. The molecule has 0 saturated carbocycles. The molecule has 4 nitrogen and oxygen atoms in total. The van der Waals surface area contributed by atoms with Gasteiger partial charge in [-0.3, -0.25) is 9.50 Å². The number of amides is 1. The predicted octanol–water partition coefficient (Wildman–Crippen LogP) is -5.50. The van der Waals surface area contributed by atoms with E-state index in [1.807, 2.05) is 4.72 Å². The Labute approximate surface area is 134 Å². The normalized spacial score (nSPS) is 14.8. The summed E-state index contributed by atoms with van der Waals surface area (Å²) < 4.78 is 24.2. The summed E-state index contributed by atoms with van der Waals surface area (Å²) in [6.45, 7) is 0. The number of rotatable bonds is 0. The molecule has 0 saturated heterocycles. The minimum Gasteiger partial charge on any atom is -1.00 e. The van der Waals surface area contributed by atoms with Crippen molar-refractivity contribution in [2.75, 3.05) is 0 Å². The second-order valence-electron chi connectivity index (χ2n) is 2.43. The molecular weight excluding hydrogens is 243 g/mol. The molecule has 2 rings (SSSR count). The van der Waals surface area contributed by atoms with Crippen LogP contribution in [0.5, 0.6) is 0 Å². The Kier molecular flexibility index (Phi) is 7.59. The Morgan fingerprint density at radius 1 is 1.13 bits per heavy atom. The minimum absolute atomic E-state index is 0. The van der Waals surface area contributed by atoms with Gasteiger partial charge in [0.15, 0.2) is 0 Å². The van der Waals surface area contributed by atoms with E-state index in [-0.39, 0.29) is 77.1 Å². The van der Waals surface area contributed by atoms with Gasteiger partial charge in [0.1, 0.15) is 4.90 Å². The van der Waals surface area contributed by atoms with E-state index in [0.29, 0.717) is 0 Å². The smallest absolute Gasteiger partial charge is 1.00 e. The standard InChI is InChI=1S/C7H5NO3S.FH.2Na.2H/c9-7-5-3-1-2-4-6(5)12(10,11)8-7;;;;;/h1-4H,(H,8,9);1H;;;;/q;;2*+1;2*-1. The molecular formula is C7H8FNNa2O3S. The van der Waals surface area contributed by atoms with Gasteiger partial charge in [-0.2, -0.15) is 0 Å². The van der Waals surface area contributed by atoms with E-state index < -0.39 is 15.9 Å². The van der Waals surface area contributed by atoms with Gasteiger partial charge < -0.3 is 2.85 Å². The zero-order valence-electron chi connectivity index (χ0n) is 10.4. The van der Waals surface area contributed by atoms with Gasteiger partial charge >= 0.3 is 59.1 Å². The van der Waals surface area contributed by atoms with Crippen LogP contribution in [0.3, 0.4) is 0 Å². The number of sulfonamides is 1.